The van der Waals surface area contributed by atoms with Crippen molar-refractivity contribution in [1.29, 1.82) is 0 Å². The zero-order chi connectivity index (χ0) is 17.6. The number of aromatic nitrogens is 5. The van der Waals surface area contributed by atoms with Crippen molar-refractivity contribution in [2.24, 2.45) is 11.0 Å². The van der Waals surface area contributed by atoms with E-state index in [9.17, 15) is 4.79 Å². The standard InChI is InChI=1S/C15H20N8O2/c1-2-6-11-12(18-22-23(11)14-13(16)20-25-21-14)15(24)19-17-9-10-7-4-3-5-8-10/h3-4,9-10H,2,5-8H2,1H3,(H2,16,20)(H,19,24)/b17-9-/t10-/m0/s1. The molecule has 0 aliphatic heterocycles. The molecule has 3 N–H and O–H groups in total. The molecule has 2 aromatic rings. The van der Waals surface area contributed by atoms with Gasteiger partial charge in [-0.15, -0.1) is 5.10 Å². The molecule has 0 fully saturated rings. The van der Waals surface area contributed by atoms with Gasteiger partial charge in [-0.3, -0.25) is 4.79 Å². The highest BCUT2D eigenvalue weighted by atomic mass is 16.6. The Kier molecular flexibility index (Phi) is 5.17. The van der Waals surface area contributed by atoms with Crippen molar-refractivity contribution in [3.63, 3.8) is 0 Å². The van der Waals surface area contributed by atoms with E-state index in [1.807, 2.05) is 6.92 Å². The van der Waals surface area contributed by atoms with E-state index in [-0.39, 0.29) is 17.3 Å². The SMILES string of the molecule is CCCc1c(C(=O)N/N=C\[C@H]2CC=CCC2)nnn1-c1nonc1N. The van der Waals surface area contributed by atoms with Gasteiger partial charge < -0.3 is 5.73 Å². The molecule has 0 spiro atoms. The minimum absolute atomic E-state index is 0.0811. The first-order valence-corrected chi connectivity index (χ1v) is 8.22. The van der Waals surface area contributed by atoms with Gasteiger partial charge in [-0.05, 0) is 41.9 Å². The van der Waals surface area contributed by atoms with Crippen LogP contribution >= 0.6 is 0 Å². The summed E-state index contributed by atoms with van der Waals surface area (Å²) < 4.78 is 5.97. The molecule has 3 rings (SSSR count). The molecule has 0 aromatic carbocycles. The Morgan fingerprint density at radius 1 is 1.52 bits per heavy atom. The number of carbonyl (C=O) groups excluding carboxylic acids is 1. The Morgan fingerprint density at radius 3 is 3.08 bits per heavy atom. The Morgan fingerprint density at radius 2 is 2.40 bits per heavy atom. The molecule has 2 heterocycles. The third-order valence-electron chi connectivity index (χ3n) is 3.92. The van der Waals surface area contributed by atoms with Crippen LogP contribution in [0.2, 0.25) is 0 Å². The van der Waals surface area contributed by atoms with Gasteiger partial charge in [0.1, 0.15) is 0 Å². The molecule has 1 aliphatic rings. The van der Waals surface area contributed by atoms with Gasteiger partial charge in [-0.25, -0.2) is 10.1 Å². The number of hydrogen-bond donors (Lipinski definition) is 2. The predicted octanol–water partition coefficient (Wildman–Crippen LogP) is 1.26. The van der Waals surface area contributed by atoms with Crippen molar-refractivity contribution in [2.75, 3.05) is 5.73 Å². The van der Waals surface area contributed by atoms with E-state index in [0.717, 1.165) is 25.7 Å². The van der Waals surface area contributed by atoms with Crippen molar-refractivity contribution in [1.82, 2.24) is 30.7 Å². The maximum absolute atomic E-state index is 12.4. The average molecular weight is 344 g/mol. The Hall–Kier alpha value is -3.04. The lowest BCUT2D eigenvalue weighted by Gasteiger charge is -2.11. The first-order chi connectivity index (χ1) is 12.2. The second kappa shape index (κ2) is 7.69. The Balaban J connectivity index is 1.76. The minimum Gasteiger partial charge on any atom is -0.378 e. The summed E-state index contributed by atoms with van der Waals surface area (Å²) >= 11 is 0. The summed E-state index contributed by atoms with van der Waals surface area (Å²) in [6, 6.07) is 0. The Labute approximate surface area is 144 Å². The van der Waals surface area contributed by atoms with Crippen LogP contribution in [0.1, 0.15) is 48.8 Å². The quantitative estimate of drug-likeness (QED) is 0.457. The molecule has 10 heteroatoms. The zero-order valence-corrected chi connectivity index (χ0v) is 13.9. The van der Waals surface area contributed by atoms with Crippen molar-refractivity contribution in [3.8, 4) is 5.82 Å². The number of nitrogen functional groups attached to an aromatic ring is 1. The van der Waals surface area contributed by atoms with Crippen LogP contribution in [0.5, 0.6) is 0 Å². The number of amides is 1. The van der Waals surface area contributed by atoms with E-state index in [1.165, 1.54) is 4.68 Å². The van der Waals surface area contributed by atoms with Crippen molar-refractivity contribution in [3.05, 3.63) is 23.5 Å². The fourth-order valence-corrected chi connectivity index (χ4v) is 2.65. The molecule has 1 atom stereocenters. The van der Waals surface area contributed by atoms with Crippen molar-refractivity contribution < 1.29 is 9.42 Å². The summed E-state index contributed by atoms with van der Waals surface area (Å²) in [4.78, 5) is 12.4. The number of nitrogens with two attached hydrogens (primary N) is 1. The maximum Gasteiger partial charge on any atom is 0.293 e. The summed E-state index contributed by atoms with van der Waals surface area (Å²) in [5.41, 5.74) is 8.99. The number of rotatable bonds is 6. The molecule has 10 nitrogen and oxygen atoms in total. The summed E-state index contributed by atoms with van der Waals surface area (Å²) in [5.74, 6) is 0.217. The van der Waals surface area contributed by atoms with Gasteiger partial charge in [-0.1, -0.05) is 30.7 Å². The van der Waals surface area contributed by atoms with E-state index in [4.69, 9.17) is 5.73 Å². The number of nitrogens with one attached hydrogen (secondary N) is 1. The fourth-order valence-electron chi connectivity index (χ4n) is 2.65. The van der Waals surface area contributed by atoms with Crippen LogP contribution < -0.4 is 11.2 Å². The number of hydrogen-bond acceptors (Lipinski definition) is 8. The molecule has 0 saturated carbocycles. The van der Waals surface area contributed by atoms with E-state index < -0.39 is 5.91 Å². The molecule has 2 aromatic heterocycles. The number of allylic oxidation sites excluding steroid dienone is 2. The molecule has 0 saturated heterocycles. The van der Waals surface area contributed by atoms with Gasteiger partial charge in [0.15, 0.2) is 5.69 Å². The van der Waals surface area contributed by atoms with Crippen molar-refractivity contribution >= 4 is 17.9 Å². The highest BCUT2D eigenvalue weighted by Crippen LogP contribution is 2.17. The Bertz CT molecular complexity index is 791. The minimum atomic E-state index is -0.424. The lowest BCUT2D eigenvalue weighted by atomic mass is 9.96. The van der Waals surface area contributed by atoms with Gasteiger partial charge in [0.05, 0.1) is 5.69 Å². The third kappa shape index (κ3) is 3.73. The molecule has 0 unspecified atom stereocenters. The largest absolute Gasteiger partial charge is 0.378 e. The second-order valence-electron chi connectivity index (χ2n) is 5.78. The van der Waals surface area contributed by atoms with Gasteiger partial charge in [-0.2, -0.15) is 9.78 Å². The van der Waals surface area contributed by atoms with Crippen LogP contribution in [-0.2, 0) is 6.42 Å². The van der Waals surface area contributed by atoms with Crippen molar-refractivity contribution in [2.45, 2.75) is 39.0 Å². The van der Waals surface area contributed by atoms with Crippen LogP contribution in [0.25, 0.3) is 5.82 Å². The summed E-state index contributed by atoms with van der Waals surface area (Å²) in [6.07, 6.45) is 10.4. The maximum atomic E-state index is 12.4. The monoisotopic (exact) mass is 344 g/mol. The van der Waals surface area contributed by atoms with E-state index in [2.05, 4.69) is 47.9 Å². The number of nitrogens with zero attached hydrogens (tertiary/aromatic N) is 6. The molecule has 132 valence electrons. The second-order valence-corrected chi connectivity index (χ2v) is 5.78. The molecule has 1 aliphatic carbocycles. The fraction of sp³-hybridized carbons (Fsp3) is 0.467. The number of carbonyl (C=O) groups is 1. The molecular formula is C15H20N8O2. The third-order valence-corrected chi connectivity index (χ3v) is 3.92. The van der Waals surface area contributed by atoms with E-state index in [1.54, 1.807) is 6.21 Å². The highest BCUT2D eigenvalue weighted by Gasteiger charge is 2.23. The van der Waals surface area contributed by atoms with Gasteiger partial charge >= 0.3 is 0 Å². The smallest absolute Gasteiger partial charge is 0.293 e. The number of anilines is 1. The van der Waals surface area contributed by atoms with Crippen LogP contribution in [-0.4, -0.2) is 37.4 Å². The first-order valence-electron chi connectivity index (χ1n) is 8.22. The highest BCUT2D eigenvalue weighted by molar-refractivity contribution is 5.93. The molecule has 1 amide bonds. The topological polar surface area (TPSA) is 137 Å². The molecular weight excluding hydrogens is 324 g/mol. The number of hydrazone groups is 1. The normalized spacial score (nSPS) is 17.2. The van der Waals surface area contributed by atoms with Gasteiger partial charge in [0, 0.05) is 6.21 Å². The van der Waals surface area contributed by atoms with Crippen LogP contribution in [0.15, 0.2) is 21.9 Å². The average Bonchev–Trinajstić information content (AvgIpc) is 3.22. The van der Waals surface area contributed by atoms with Gasteiger partial charge in [0.2, 0.25) is 11.6 Å². The molecule has 0 bridgehead atoms. The predicted molar refractivity (Wildman–Crippen MR) is 90.1 cm³/mol. The summed E-state index contributed by atoms with van der Waals surface area (Å²) in [7, 11) is 0. The molecule has 0 radical (unpaired) electrons. The van der Waals surface area contributed by atoms with E-state index >= 15 is 0 Å². The van der Waals surface area contributed by atoms with Crippen LogP contribution in [0.4, 0.5) is 5.82 Å². The zero-order valence-electron chi connectivity index (χ0n) is 13.9. The van der Waals surface area contributed by atoms with Gasteiger partial charge in [0.25, 0.3) is 5.91 Å². The lowest BCUT2D eigenvalue weighted by Crippen LogP contribution is -2.21. The van der Waals surface area contributed by atoms with Crippen LogP contribution in [0.3, 0.4) is 0 Å². The first kappa shape index (κ1) is 16.8. The van der Waals surface area contributed by atoms with E-state index in [0.29, 0.717) is 18.0 Å². The summed E-state index contributed by atoms with van der Waals surface area (Å²) in [6.45, 7) is 1.98. The lowest BCUT2D eigenvalue weighted by molar-refractivity contribution is 0.0949. The molecule has 25 heavy (non-hydrogen) atoms. The van der Waals surface area contributed by atoms with Crippen LogP contribution in [0, 0.1) is 5.92 Å². The summed E-state index contributed by atoms with van der Waals surface area (Å²) in [5, 5.41) is 19.2.